The zero-order valence-electron chi connectivity index (χ0n) is 13.0. The number of hydrogen-bond donors (Lipinski definition) is 2. The lowest BCUT2D eigenvalue weighted by molar-refractivity contribution is 0.102. The highest BCUT2D eigenvalue weighted by molar-refractivity contribution is 6.31. The van der Waals surface area contributed by atoms with Crippen molar-refractivity contribution in [1.29, 1.82) is 0 Å². The van der Waals surface area contributed by atoms with Crippen molar-refractivity contribution >= 4 is 40.6 Å². The molecule has 25 heavy (non-hydrogen) atoms. The molecule has 1 aromatic heterocycles. The number of carbonyl (C=O) groups excluding carboxylic acids is 1. The third kappa shape index (κ3) is 4.68. The summed E-state index contributed by atoms with van der Waals surface area (Å²) < 4.78 is 0. The van der Waals surface area contributed by atoms with Crippen LogP contribution in [0, 0.1) is 0 Å². The van der Waals surface area contributed by atoms with Gasteiger partial charge in [-0.15, -0.1) is 0 Å². The Bertz CT molecular complexity index is 867. The van der Waals surface area contributed by atoms with Crippen LogP contribution in [0.15, 0.2) is 60.9 Å². The third-order valence-corrected chi connectivity index (χ3v) is 4.03. The number of amides is 1. The molecule has 0 aliphatic heterocycles. The van der Waals surface area contributed by atoms with E-state index in [2.05, 4.69) is 20.6 Å². The first-order chi connectivity index (χ1) is 12.1. The van der Waals surface area contributed by atoms with Gasteiger partial charge < -0.3 is 10.6 Å². The fourth-order valence-electron chi connectivity index (χ4n) is 2.09. The molecule has 0 radical (unpaired) electrons. The van der Waals surface area contributed by atoms with E-state index in [-0.39, 0.29) is 11.6 Å². The Labute approximate surface area is 155 Å². The molecule has 0 fully saturated rings. The van der Waals surface area contributed by atoms with Gasteiger partial charge in [0.2, 0.25) is 0 Å². The first kappa shape index (κ1) is 17.2. The Balaban J connectivity index is 1.60. The highest BCUT2D eigenvalue weighted by atomic mass is 35.5. The molecule has 0 bridgehead atoms. The third-order valence-electron chi connectivity index (χ3n) is 3.40. The minimum Gasteiger partial charge on any atom is -0.365 e. The summed E-state index contributed by atoms with van der Waals surface area (Å²) in [6.45, 7) is 0.519. The first-order valence-corrected chi connectivity index (χ1v) is 8.23. The maximum atomic E-state index is 12.1. The molecule has 2 N–H and O–H groups in total. The van der Waals surface area contributed by atoms with E-state index in [0.717, 1.165) is 5.56 Å². The lowest BCUT2D eigenvalue weighted by atomic mass is 10.2. The molecule has 5 nitrogen and oxygen atoms in total. The van der Waals surface area contributed by atoms with Gasteiger partial charge in [0.25, 0.3) is 5.91 Å². The monoisotopic (exact) mass is 372 g/mol. The number of rotatable bonds is 5. The van der Waals surface area contributed by atoms with Gasteiger partial charge in [-0.2, -0.15) is 0 Å². The van der Waals surface area contributed by atoms with Crippen LogP contribution in [0.5, 0.6) is 0 Å². The molecule has 2 aromatic carbocycles. The maximum absolute atomic E-state index is 12.1. The van der Waals surface area contributed by atoms with E-state index >= 15 is 0 Å². The number of anilines is 2. The molecule has 0 aliphatic rings. The molecule has 1 heterocycles. The van der Waals surface area contributed by atoms with Crippen molar-refractivity contribution in [2.45, 2.75) is 6.54 Å². The summed E-state index contributed by atoms with van der Waals surface area (Å²) in [5.41, 5.74) is 1.81. The highest BCUT2D eigenvalue weighted by Crippen LogP contribution is 2.16. The van der Waals surface area contributed by atoms with Crippen LogP contribution in [0.25, 0.3) is 0 Å². The van der Waals surface area contributed by atoms with E-state index in [0.29, 0.717) is 28.1 Å². The van der Waals surface area contributed by atoms with Crippen molar-refractivity contribution in [3.8, 4) is 0 Å². The van der Waals surface area contributed by atoms with Crippen molar-refractivity contribution in [3.63, 3.8) is 0 Å². The fourth-order valence-corrected chi connectivity index (χ4v) is 2.42. The van der Waals surface area contributed by atoms with Crippen LogP contribution in [-0.4, -0.2) is 15.9 Å². The fraction of sp³-hybridized carbons (Fsp3) is 0.0556. The van der Waals surface area contributed by atoms with Gasteiger partial charge in [0.05, 0.1) is 12.4 Å². The summed E-state index contributed by atoms with van der Waals surface area (Å²) in [5.74, 6) is 0.218. The Morgan fingerprint density at radius 1 is 0.960 bits per heavy atom. The van der Waals surface area contributed by atoms with Crippen LogP contribution in [-0.2, 0) is 6.54 Å². The van der Waals surface area contributed by atoms with Crippen LogP contribution in [0.1, 0.15) is 16.1 Å². The number of nitrogens with one attached hydrogen (secondary N) is 2. The Kier molecular flexibility index (Phi) is 5.48. The average molecular weight is 373 g/mol. The Morgan fingerprint density at radius 2 is 1.72 bits per heavy atom. The highest BCUT2D eigenvalue weighted by Gasteiger charge is 2.09. The number of carbonyl (C=O) groups is 1. The van der Waals surface area contributed by atoms with E-state index in [1.54, 1.807) is 24.3 Å². The van der Waals surface area contributed by atoms with Crippen molar-refractivity contribution in [2.75, 3.05) is 10.6 Å². The van der Waals surface area contributed by atoms with Gasteiger partial charge >= 0.3 is 0 Å². The topological polar surface area (TPSA) is 66.9 Å². The minimum absolute atomic E-state index is 0.221. The molecule has 126 valence electrons. The molecule has 1 amide bonds. The molecule has 0 saturated carbocycles. The number of aromatic nitrogens is 2. The van der Waals surface area contributed by atoms with Crippen molar-refractivity contribution < 1.29 is 4.79 Å². The van der Waals surface area contributed by atoms with Crippen LogP contribution < -0.4 is 10.6 Å². The lowest BCUT2D eigenvalue weighted by Gasteiger charge is -2.08. The van der Waals surface area contributed by atoms with Crippen LogP contribution in [0.4, 0.5) is 11.5 Å². The number of hydrogen-bond acceptors (Lipinski definition) is 4. The molecule has 0 unspecified atom stereocenters. The summed E-state index contributed by atoms with van der Waals surface area (Å²) >= 11 is 11.9. The van der Waals surface area contributed by atoms with Crippen LogP contribution in [0.3, 0.4) is 0 Å². The number of benzene rings is 2. The summed E-state index contributed by atoms with van der Waals surface area (Å²) in [7, 11) is 0. The SMILES string of the molecule is O=C(Nc1ccc(Cl)cc1)c1cnc(NCc2ccccc2Cl)cn1. The zero-order valence-corrected chi connectivity index (χ0v) is 14.6. The number of halogens is 2. The first-order valence-electron chi connectivity index (χ1n) is 7.48. The van der Waals surface area contributed by atoms with Crippen molar-refractivity contribution in [3.05, 3.63) is 82.2 Å². The van der Waals surface area contributed by atoms with E-state index in [9.17, 15) is 4.79 Å². The second-order valence-electron chi connectivity index (χ2n) is 5.19. The summed E-state index contributed by atoms with van der Waals surface area (Å²) in [5, 5.41) is 7.14. The second kappa shape index (κ2) is 7.96. The van der Waals surface area contributed by atoms with Gasteiger partial charge in [-0.3, -0.25) is 4.79 Å². The van der Waals surface area contributed by atoms with Gasteiger partial charge in [0, 0.05) is 22.3 Å². The summed E-state index contributed by atoms with van der Waals surface area (Å²) in [4.78, 5) is 20.5. The second-order valence-corrected chi connectivity index (χ2v) is 6.04. The van der Waals surface area contributed by atoms with Gasteiger partial charge in [0.1, 0.15) is 11.5 Å². The molecule has 0 saturated heterocycles. The molecule has 3 aromatic rings. The van der Waals surface area contributed by atoms with E-state index in [4.69, 9.17) is 23.2 Å². The van der Waals surface area contributed by atoms with E-state index in [1.165, 1.54) is 12.4 Å². The molecular formula is C18H14Cl2N4O. The standard InChI is InChI=1S/C18H14Cl2N4O/c19-13-5-7-14(8-6-13)24-18(25)16-10-23-17(11-21-16)22-9-12-3-1-2-4-15(12)20/h1-8,10-11H,9H2,(H,22,23)(H,24,25). The van der Waals surface area contributed by atoms with Gasteiger partial charge in [-0.05, 0) is 35.9 Å². The molecule has 0 aliphatic carbocycles. The maximum Gasteiger partial charge on any atom is 0.275 e. The van der Waals surface area contributed by atoms with Crippen LogP contribution >= 0.6 is 23.2 Å². The molecular weight excluding hydrogens is 359 g/mol. The molecule has 0 spiro atoms. The normalized spacial score (nSPS) is 10.3. The Hall–Kier alpha value is -2.63. The summed E-state index contributed by atoms with van der Waals surface area (Å²) in [6.07, 6.45) is 2.92. The number of nitrogens with zero attached hydrogens (tertiary/aromatic N) is 2. The Morgan fingerprint density at radius 3 is 2.40 bits per heavy atom. The molecule has 3 rings (SSSR count). The van der Waals surface area contributed by atoms with E-state index in [1.807, 2.05) is 24.3 Å². The quantitative estimate of drug-likeness (QED) is 0.683. The zero-order chi connectivity index (χ0) is 17.6. The van der Waals surface area contributed by atoms with E-state index < -0.39 is 0 Å². The molecule has 7 heteroatoms. The van der Waals surface area contributed by atoms with Crippen molar-refractivity contribution in [1.82, 2.24) is 9.97 Å². The van der Waals surface area contributed by atoms with Crippen LogP contribution in [0.2, 0.25) is 10.0 Å². The largest absolute Gasteiger partial charge is 0.365 e. The minimum atomic E-state index is -0.340. The smallest absolute Gasteiger partial charge is 0.275 e. The lowest BCUT2D eigenvalue weighted by Crippen LogP contribution is -2.14. The predicted octanol–water partition coefficient (Wildman–Crippen LogP) is 4.65. The van der Waals surface area contributed by atoms with Gasteiger partial charge in [0.15, 0.2) is 0 Å². The van der Waals surface area contributed by atoms with Gasteiger partial charge in [-0.1, -0.05) is 41.4 Å². The van der Waals surface area contributed by atoms with Crippen molar-refractivity contribution in [2.24, 2.45) is 0 Å². The average Bonchev–Trinajstić information content (AvgIpc) is 2.63. The summed E-state index contributed by atoms with van der Waals surface area (Å²) in [6, 6.07) is 14.4. The predicted molar refractivity (Wildman–Crippen MR) is 100 cm³/mol. The molecule has 0 atom stereocenters. The van der Waals surface area contributed by atoms with Gasteiger partial charge in [-0.25, -0.2) is 9.97 Å².